The molecule has 3 rings (SSSR count). The topological polar surface area (TPSA) is 27.6 Å². The molecule has 0 amide bonds. The van der Waals surface area contributed by atoms with E-state index < -0.39 is 7.59 Å². The molecule has 0 atom stereocenters. The quantitative estimate of drug-likeness (QED) is 0.535. The van der Waals surface area contributed by atoms with Gasteiger partial charge in [0, 0.05) is 5.39 Å². The van der Waals surface area contributed by atoms with E-state index in [-0.39, 0.29) is 11.4 Å². The normalized spacial score (nSPS) is 15.8. The third-order valence-electron chi connectivity index (χ3n) is 3.31. The lowest BCUT2D eigenvalue weighted by molar-refractivity contribution is 0.715. The van der Waals surface area contributed by atoms with E-state index in [1.165, 1.54) is 11.2 Å². The third kappa shape index (κ3) is 3.82. The van der Waals surface area contributed by atoms with Gasteiger partial charge in [-0.1, -0.05) is 106 Å². The lowest BCUT2D eigenvalue weighted by atomic mass is 10.1. The molecule has 9 heteroatoms. The van der Waals surface area contributed by atoms with Crippen LogP contribution in [0, 0.1) is 0 Å². The summed E-state index contributed by atoms with van der Waals surface area (Å²) >= 11 is 35.9. The molecule has 1 aliphatic heterocycles. The van der Waals surface area contributed by atoms with Crippen LogP contribution in [0.5, 0.6) is 0 Å². The summed E-state index contributed by atoms with van der Waals surface area (Å²) in [5, 5.41) is 7.71. The van der Waals surface area contributed by atoms with E-state index in [9.17, 15) is 0 Å². The molecule has 126 valence electrons. The fourth-order valence-electron chi connectivity index (χ4n) is 2.24. The molecule has 0 radical (unpaired) electrons. The molecule has 0 saturated carbocycles. The van der Waals surface area contributed by atoms with Crippen molar-refractivity contribution in [3.8, 4) is 0 Å². The number of rotatable bonds is 1. The molecule has 0 unspecified atom stereocenters. The van der Waals surface area contributed by atoms with Crippen LogP contribution in [0.1, 0.15) is 0 Å². The third-order valence-corrected chi connectivity index (χ3v) is 4.50. The van der Waals surface area contributed by atoms with Gasteiger partial charge < -0.3 is 0 Å². The highest BCUT2D eigenvalue weighted by molar-refractivity contribution is 6.78. The fourth-order valence-corrected chi connectivity index (χ4v) is 2.80. The molecular weight excluding hydrogens is 435 g/mol. The summed E-state index contributed by atoms with van der Waals surface area (Å²) in [5.74, 6) is 0. The van der Waals surface area contributed by atoms with E-state index in [4.69, 9.17) is 69.6 Å². The first-order valence-electron chi connectivity index (χ1n) is 6.65. The van der Waals surface area contributed by atoms with E-state index in [1.54, 1.807) is 0 Å². The number of allylic oxidation sites excluding steroid dienone is 2. The van der Waals surface area contributed by atoms with E-state index in [2.05, 4.69) is 10.5 Å². The number of anilines is 1. The lowest BCUT2D eigenvalue weighted by Crippen LogP contribution is -2.43. The second-order valence-electron chi connectivity index (χ2n) is 4.96. The molecule has 0 saturated heterocycles. The average Bonchev–Trinajstić information content (AvgIpc) is 2.52. The Morgan fingerprint density at radius 2 is 1.50 bits per heavy atom. The Morgan fingerprint density at radius 3 is 2.17 bits per heavy atom. The summed E-state index contributed by atoms with van der Waals surface area (Å²) in [5.41, 5.74) is 4.01. The van der Waals surface area contributed by atoms with Crippen LogP contribution in [-0.2, 0) is 0 Å². The SMILES string of the molecule is ClC(Cl)(Cl)C1=CC(C(Cl)(Cl)Cl)=NN(c2cccc3ccccc23)N1. The summed E-state index contributed by atoms with van der Waals surface area (Å²) in [6.07, 6.45) is 1.40. The van der Waals surface area contributed by atoms with Crippen LogP contribution in [0.4, 0.5) is 5.69 Å². The summed E-state index contributed by atoms with van der Waals surface area (Å²) in [7, 11) is 0. The van der Waals surface area contributed by atoms with Crippen molar-refractivity contribution in [1.29, 1.82) is 0 Å². The highest BCUT2D eigenvalue weighted by Gasteiger charge is 2.36. The van der Waals surface area contributed by atoms with Gasteiger partial charge in [0.25, 0.3) is 0 Å². The van der Waals surface area contributed by atoms with Crippen molar-refractivity contribution in [3.05, 3.63) is 54.2 Å². The van der Waals surface area contributed by atoms with Gasteiger partial charge in [0.05, 0.1) is 11.4 Å². The van der Waals surface area contributed by atoms with Crippen LogP contribution in [0.25, 0.3) is 10.8 Å². The van der Waals surface area contributed by atoms with Crippen LogP contribution in [0.15, 0.2) is 59.3 Å². The van der Waals surface area contributed by atoms with Crippen molar-refractivity contribution in [2.45, 2.75) is 7.59 Å². The summed E-state index contributed by atoms with van der Waals surface area (Å²) in [6.45, 7) is 0. The first kappa shape index (κ1) is 18.2. The number of hydrogen-bond donors (Lipinski definition) is 1. The van der Waals surface area contributed by atoms with Crippen molar-refractivity contribution in [2.24, 2.45) is 5.10 Å². The monoisotopic (exact) mass is 441 g/mol. The van der Waals surface area contributed by atoms with Gasteiger partial charge in [-0.05, 0) is 17.5 Å². The van der Waals surface area contributed by atoms with E-state index in [0.29, 0.717) is 0 Å². The average molecular weight is 444 g/mol. The van der Waals surface area contributed by atoms with Crippen molar-refractivity contribution >= 4 is 91.8 Å². The van der Waals surface area contributed by atoms with Gasteiger partial charge in [0.2, 0.25) is 7.59 Å². The van der Waals surface area contributed by atoms with Crippen LogP contribution in [-0.4, -0.2) is 13.3 Å². The fraction of sp³-hybridized carbons (Fsp3) is 0.133. The van der Waals surface area contributed by atoms with Crippen LogP contribution in [0.2, 0.25) is 0 Å². The van der Waals surface area contributed by atoms with E-state index >= 15 is 0 Å². The molecular formula is C15H9Cl6N3. The molecule has 0 fully saturated rings. The molecule has 1 N–H and O–H groups in total. The molecule has 2 aromatic carbocycles. The lowest BCUT2D eigenvalue weighted by Gasteiger charge is -2.32. The molecule has 1 aliphatic rings. The number of halogens is 6. The minimum atomic E-state index is -1.77. The zero-order chi connectivity index (χ0) is 17.5. The summed E-state index contributed by atoms with van der Waals surface area (Å²) in [6, 6.07) is 13.5. The van der Waals surface area contributed by atoms with Gasteiger partial charge in [-0.2, -0.15) is 10.2 Å². The maximum atomic E-state index is 5.99. The second kappa shape index (κ2) is 6.64. The Hall–Kier alpha value is -0.550. The number of hydrazine groups is 1. The maximum absolute atomic E-state index is 5.99. The maximum Gasteiger partial charge on any atom is 0.234 e. The van der Waals surface area contributed by atoms with Crippen LogP contribution < -0.4 is 10.5 Å². The molecule has 0 bridgehead atoms. The Bertz CT molecular complexity index is 830. The van der Waals surface area contributed by atoms with Crippen molar-refractivity contribution in [3.63, 3.8) is 0 Å². The van der Waals surface area contributed by atoms with Gasteiger partial charge in [-0.15, -0.1) is 0 Å². The Morgan fingerprint density at radius 1 is 0.833 bits per heavy atom. The van der Waals surface area contributed by atoms with Gasteiger partial charge in [-0.3, -0.25) is 5.43 Å². The van der Waals surface area contributed by atoms with Crippen LogP contribution >= 0.6 is 69.6 Å². The van der Waals surface area contributed by atoms with E-state index in [0.717, 1.165) is 16.5 Å². The number of alkyl halides is 6. The summed E-state index contributed by atoms with van der Waals surface area (Å²) in [4.78, 5) is 0. The number of fused-ring (bicyclic) bond motifs is 1. The van der Waals surface area contributed by atoms with Gasteiger partial charge in [0.15, 0.2) is 0 Å². The Balaban J connectivity index is 2.14. The number of nitrogens with zero attached hydrogens (tertiary/aromatic N) is 2. The number of benzene rings is 2. The Labute approximate surface area is 168 Å². The molecule has 24 heavy (non-hydrogen) atoms. The zero-order valence-electron chi connectivity index (χ0n) is 11.8. The van der Waals surface area contributed by atoms with Crippen molar-refractivity contribution in [2.75, 3.05) is 5.12 Å². The predicted molar refractivity (Wildman–Crippen MR) is 106 cm³/mol. The molecule has 2 aromatic rings. The standard InChI is InChI=1S/C15H9Cl6N3/c16-14(17,18)12-8-13(15(19,20)21)23-24(22-12)11-7-3-5-9-4-1-2-6-10(9)11/h1-8,22H. The molecule has 3 nitrogen and oxygen atoms in total. The van der Waals surface area contributed by atoms with Gasteiger partial charge >= 0.3 is 0 Å². The largest absolute Gasteiger partial charge is 0.278 e. The molecule has 0 aliphatic carbocycles. The van der Waals surface area contributed by atoms with Gasteiger partial charge in [0.1, 0.15) is 5.71 Å². The molecule has 1 heterocycles. The first-order chi connectivity index (χ1) is 11.2. The predicted octanol–water partition coefficient (Wildman–Crippen LogP) is 6.14. The number of hydrazone groups is 1. The molecule has 0 aromatic heterocycles. The smallest absolute Gasteiger partial charge is 0.234 e. The number of hydrogen-bond acceptors (Lipinski definition) is 3. The number of nitrogens with one attached hydrogen (secondary N) is 1. The minimum Gasteiger partial charge on any atom is -0.278 e. The summed E-state index contributed by atoms with van der Waals surface area (Å²) < 4.78 is -3.51. The second-order valence-corrected chi connectivity index (χ2v) is 9.52. The van der Waals surface area contributed by atoms with Gasteiger partial charge in [-0.25, -0.2) is 0 Å². The highest BCUT2D eigenvalue weighted by Crippen LogP contribution is 2.39. The molecule has 0 spiro atoms. The van der Waals surface area contributed by atoms with Crippen molar-refractivity contribution < 1.29 is 0 Å². The van der Waals surface area contributed by atoms with E-state index in [1.807, 2.05) is 42.5 Å². The van der Waals surface area contributed by atoms with Crippen LogP contribution in [0.3, 0.4) is 0 Å². The minimum absolute atomic E-state index is 0.125. The van der Waals surface area contributed by atoms with Crippen molar-refractivity contribution in [1.82, 2.24) is 5.43 Å². The Kier molecular flexibility index (Phi) is 5.05. The first-order valence-corrected chi connectivity index (χ1v) is 8.92. The zero-order valence-corrected chi connectivity index (χ0v) is 16.3. The highest BCUT2D eigenvalue weighted by atomic mass is 35.6.